The maximum absolute atomic E-state index is 12.5. The van der Waals surface area contributed by atoms with E-state index in [-0.39, 0.29) is 17.5 Å². The number of rotatable bonds is 4. The van der Waals surface area contributed by atoms with Crippen LogP contribution in [-0.2, 0) is 0 Å². The van der Waals surface area contributed by atoms with Crippen molar-refractivity contribution < 1.29 is 9.59 Å². The molecule has 3 aromatic rings. The van der Waals surface area contributed by atoms with E-state index < -0.39 is 0 Å². The molecule has 0 aliphatic rings. The number of anilines is 2. The van der Waals surface area contributed by atoms with E-state index in [2.05, 4.69) is 15.6 Å². The molecule has 5 nitrogen and oxygen atoms in total. The lowest BCUT2D eigenvalue weighted by Crippen LogP contribution is -2.17. The largest absolute Gasteiger partial charge is 0.322 e. The SMILES string of the molecule is Cc1ccc(NC(=O)c2cc(C(=O)Nc3ccc(C)c(Cl)c3)ccn2)c(C)c1. The summed E-state index contributed by atoms with van der Waals surface area (Å²) in [6.07, 6.45) is 1.44. The number of amides is 2. The fourth-order valence-electron chi connectivity index (χ4n) is 2.71. The van der Waals surface area contributed by atoms with E-state index in [0.717, 1.165) is 16.7 Å². The molecule has 0 spiro atoms. The number of hydrogen-bond acceptors (Lipinski definition) is 3. The van der Waals surface area contributed by atoms with Crippen molar-refractivity contribution in [3.8, 4) is 0 Å². The van der Waals surface area contributed by atoms with Crippen molar-refractivity contribution >= 4 is 34.8 Å². The molecule has 0 unspecified atom stereocenters. The Bertz CT molecular complexity index is 1060. The second-order valence-electron chi connectivity index (χ2n) is 6.62. The summed E-state index contributed by atoms with van der Waals surface area (Å²) < 4.78 is 0. The number of halogens is 1. The molecule has 0 aliphatic heterocycles. The van der Waals surface area contributed by atoms with Gasteiger partial charge in [-0.25, -0.2) is 0 Å². The van der Waals surface area contributed by atoms with Gasteiger partial charge in [-0.1, -0.05) is 35.4 Å². The fourth-order valence-corrected chi connectivity index (χ4v) is 2.89. The van der Waals surface area contributed by atoms with Crippen molar-refractivity contribution in [1.82, 2.24) is 4.98 Å². The minimum Gasteiger partial charge on any atom is -0.322 e. The fraction of sp³-hybridized carbons (Fsp3) is 0.136. The number of aromatic nitrogens is 1. The van der Waals surface area contributed by atoms with E-state index in [1.165, 1.54) is 12.3 Å². The highest BCUT2D eigenvalue weighted by Gasteiger charge is 2.13. The molecule has 1 aromatic heterocycles. The van der Waals surface area contributed by atoms with Crippen molar-refractivity contribution in [3.05, 3.63) is 87.7 Å². The molecule has 0 saturated heterocycles. The van der Waals surface area contributed by atoms with Crippen LogP contribution in [0.4, 0.5) is 11.4 Å². The van der Waals surface area contributed by atoms with Gasteiger partial charge in [0.05, 0.1) is 0 Å². The van der Waals surface area contributed by atoms with Crippen LogP contribution >= 0.6 is 11.6 Å². The van der Waals surface area contributed by atoms with Gasteiger partial charge in [-0.05, 0) is 62.2 Å². The summed E-state index contributed by atoms with van der Waals surface area (Å²) in [6.45, 7) is 5.80. The van der Waals surface area contributed by atoms with E-state index in [0.29, 0.717) is 22.0 Å². The number of pyridine rings is 1. The molecule has 3 rings (SSSR count). The first-order chi connectivity index (χ1) is 13.3. The van der Waals surface area contributed by atoms with Gasteiger partial charge < -0.3 is 10.6 Å². The molecule has 0 atom stereocenters. The number of benzene rings is 2. The van der Waals surface area contributed by atoms with Gasteiger partial charge in [0.25, 0.3) is 11.8 Å². The van der Waals surface area contributed by atoms with E-state index in [1.54, 1.807) is 18.2 Å². The van der Waals surface area contributed by atoms with Crippen molar-refractivity contribution in [3.63, 3.8) is 0 Å². The predicted molar refractivity (Wildman–Crippen MR) is 112 cm³/mol. The summed E-state index contributed by atoms with van der Waals surface area (Å²) in [5, 5.41) is 6.18. The quantitative estimate of drug-likeness (QED) is 0.642. The normalized spacial score (nSPS) is 10.4. The summed E-state index contributed by atoms with van der Waals surface area (Å²) >= 11 is 6.10. The van der Waals surface area contributed by atoms with Crippen LogP contribution in [0.5, 0.6) is 0 Å². The zero-order valence-corrected chi connectivity index (χ0v) is 16.6. The van der Waals surface area contributed by atoms with Crippen LogP contribution in [-0.4, -0.2) is 16.8 Å². The van der Waals surface area contributed by atoms with Crippen molar-refractivity contribution in [2.45, 2.75) is 20.8 Å². The summed E-state index contributed by atoms with van der Waals surface area (Å²) in [4.78, 5) is 29.1. The van der Waals surface area contributed by atoms with Crippen LogP contribution in [0.2, 0.25) is 5.02 Å². The lowest BCUT2D eigenvalue weighted by atomic mass is 10.1. The second-order valence-corrected chi connectivity index (χ2v) is 7.03. The molecular formula is C22H20ClN3O2. The Morgan fingerprint density at radius 1 is 0.857 bits per heavy atom. The maximum Gasteiger partial charge on any atom is 0.274 e. The molecule has 6 heteroatoms. The third kappa shape index (κ3) is 4.56. The average molecular weight is 394 g/mol. The number of aryl methyl sites for hydroxylation is 3. The Labute approximate surface area is 168 Å². The number of carbonyl (C=O) groups is 2. The van der Waals surface area contributed by atoms with E-state index in [4.69, 9.17) is 11.6 Å². The van der Waals surface area contributed by atoms with Crippen molar-refractivity contribution in [2.24, 2.45) is 0 Å². The Balaban J connectivity index is 1.76. The second kappa shape index (κ2) is 8.23. The monoisotopic (exact) mass is 393 g/mol. The zero-order valence-electron chi connectivity index (χ0n) is 15.8. The maximum atomic E-state index is 12.5. The Kier molecular flexibility index (Phi) is 5.76. The van der Waals surface area contributed by atoms with Gasteiger partial charge in [-0.15, -0.1) is 0 Å². The van der Waals surface area contributed by atoms with Crippen molar-refractivity contribution in [2.75, 3.05) is 10.6 Å². The smallest absolute Gasteiger partial charge is 0.274 e. The highest BCUT2D eigenvalue weighted by Crippen LogP contribution is 2.21. The third-order valence-electron chi connectivity index (χ3n) is 4.31. The van der Waals surface area contributed by atoms with Crippen LogP contribution in [0.25, 0.3) is 0 Å². The third-order valence-corrected chi connectivity index (χ3v) is 4.72. The standard InChI is InChI=1S/C22H20ClN3O2/c1-13-4-7-19(15(3)10-13)26-22(28)20-11-16(8-9-24-20)21(27)25-17-6-5-14(2)18(23)12-17/h4-12H,1-3H3,(H,25,27)(H,26,28). The van der Waals surface area contributed by atoms with Gasteiger partial charge in [0.1, 0.15) is 5.69 Å². The molecule has 142 valence electrons. The minimum atomic E-state index is -0.375. The Morgan fingerprint density at radius 3 is 2.36 bits per heavy atom. The molecule has 0 radical (unpaired) electrons. The molecule has 0 bridgehead atoms. The van der Waals surface area contributed by atoms with Crippen LogP contribution in [0.1, 0.15) is 37.5 Å². The lowest BCUT2D eigenvalue weighted by Gasteiger charge is -2.10. The van der Waals surface area contributed by atoms with Gasteiger partial charge in [-0.2, -0.15) is 0 Å². The van der Waals surface area contributed by atoms with Gasteiger partial charge in [-0.3, -0.25) is 14.6 Å². The van der Waals surface area contributed by atoms with Gasteiger partial charge in [0.2, 0.25) is 0 Å². The molecule has 28 heavy (non-hydrogen) atoms. The summed E-state index contributed by atoms with van der Waals surface area (Å²) in [5.41, 5.74) is 4.78. The number of carbonyl (C=O) groups excluding carboxylic acids is 2. The minimum absolute atomic E-state index is 0.162. The molecule has 0 saturated carbocycles. The summed E-state index contributed by atoms with van der Waals surface area (Å²) in [7, 11) is 0. The number of hydrogen-bond donors (Lipinski definition) is 2. The molecule has 2 N–H and O–H groups in total. The first-order valence-electron chi connectivity index (χ1n) is 8.75. The zero-order chi connectivity index (χ0) is 20.3. The van der Waals surface area contributed by atoms with Gasteiger partial charge in [0.15, 0.2) is 0 Å². The highest BCUT2D eigenvalue weighted by molar-refractivity contribution is 6.31. The van der Waals surface area contributed by atoms with Crippen LogP contribution in [0.15, 0.2) is 54.7 Å². The van der Waals surface area contributed by atoms with Gasteiger partial charge >= 0.3 is 0 Å². The molecule has 2 amide bonds. The summed E-state index contributed by atoms with van der Waals surface area (Å²) in [6, 6.07) is 14.1. The lowest BCUT2D eigenvalue weighted by molar-refractivity contribution is 0.102. The molecule has 1 heterocycles. The average Bonchev–Trinajstić information content (AvgIpc) is 2.67. The van der Waals surface area contributed by atoms with E-state index in [9.17, 15) is 9.59 Å². The number of nitrogens with one attached hydrogen (secondary N) is 2. The van der Waals surface area contributed by atoms with E-state index >= 15 is 0 Å². The van der Waals surface area contributed by atoms with Crippen LogP contribution in [0, 0.1) is 20.8 Å². The van der Waals surface area contributed by atoms with E-state index in [1.807, 2.05) is 45.0 Å². The Hall–Kier alpha value is -3.18. The predicted octanol–water partition coefficient (Wildman–Crippen LogP) is 5.16. The molecule has 2 aromatic carbocycles. The molecular weight excluding hydrogens is 374 g/mol. The van der Waals surface area contributed by atoms with Gasteiger partial charge in [0, 0.05) is 28.2 Å². The van der Waals surface area contributed by atoms with Crippen molar-refractivity contribution in [1.29, 1.82) is 0 Å². The number of nitrogens with zero attached hydrogens (tertiary/aromatic N) is 1. The first kappa shape index (κ1) is 19.6. The molecule has 0 aliphatic carbocycles. The highest BCUT2D eigenvalue weighted by atomic mass is 35.5. The Morgan fingerprint density at radius 2 is 1.64 bits per heavy atom. The topological polar surface area (TPSA) is 71.1 Å². The molecule has 0 fully saturated rings. The van der Waals surface area contributed by atoms with Crippen LogP contribution < -0.4 is 10.6 Å². The summed E-state index contributed by atoms with van der Waals surface area (Å²) in [5.74, 6) is -0.720. The first-order valence-corrected chi connectivity index (χ1v) is 9.13. The van der Waals surface area contributed by atoms with Crippen LogP contribution in [0.3, 0.4) is 0 Å².